The molecule has 1 heterocycles. The molecule has 27 heavy (non-hydrogen) atoms. The normalized spacial score (nSPS) is 23.0. The number of carbonyl (C=O) groups is 2. The van der Waals surface area contributed by atoms with E-state index in [0.717, 1.165) is 38.5 Å². The zero-order valence-electron chi connectivity index (χ0n) is 15.4. The topological polar surface area (TPSA) is 58.6 Å². The van der Waals surface area contributed by atoms with E-state index in [0.29, 0.717) is 18.1 Å². The molecular weight excluding hydrogens is 371 g/mol. The minimum absolute atomic E-state index is 0.0412. The number of nitrogens with zero attached hydrogens (tertiary/aromatic N) is 1. The summed E-state index contributed by atoms with van der Waals surface area (Å²) in [5.74, 6) is -0.904. The van der Waals surface area contributed by atoms with Crippen LogP contribution < -0.4 is 5.32 Å². The molecule has 4 rings (SSSR count). The maximum absolute atomic E-state index is 14.1. The second-order valence-electron chi connectivity index (χ2n) is 8.04. The summed E-state index contributed by atoms with van der Waals surface area (Å²) in [4.78, 5) is 27.0. The molecule has 1 aromatic carbocycles. The van der Waals surface area contributed by atoms with Gasteiger partial charge >= 0.3 is 0 Å². The van der Waals surface area contributed by atoms with Gasteiger partial charge in [-0.15, -0.1) is 0 Å². The Labute approximate surface area is 163 Å². The van der Waals surface area contributed by atoms with Gasteiger partial charge in [0.2, 0.25) is 5.91 Å². The molecule has 0 bridgehead atoms. The van der Waals surface area contributed by atoms with Crippen molar-refractivity contribution >= 4 is 23.4 Å². The van der Waals surface area contributed by atoms with Gasteiger partial charge in [-0.1, -0.05) is 24.4 Å². The summed E-state index contributed by atoms with van der Waals surface area (Å²) < 4.78 is 19.8. The highest BCUT2D eigenvalue weighted by Gasteiger charge is 2.67. The predicted octanol–water partition coefficient (Wildman–Crippen LogP) is 3.16. The van der Waals surface area contributed by atoms with Gasteiger partial charge in [0.15, 0.2) is 0 Å². The first-order valence-corrected chi connectivity index (χ1v) is 9.89. The zero-order chi connectivity index (χ0) is 19.2. The molecule has 1 saturated heterocycles. The summed E-state index contributed by atoms with van der Waals surface area (Å²) in [6.07, 6.45) is 5.69. The first-order valence-electron chi connectivity index (χ1n) is 9.51. The second-order valence-corrected chi connectivity index (χ2v) is 8.47. The molecule has 1 aliphatic heterocycles. The maximum Gasteiger partial charge on any atom is 0.257 e. The Morgan fingerprint density at radius 3 is 2.52 bits per heavy atom. The van der Waals surface area contributed by atoms with Crippen molar-refractivity contribution in [3.63, 3.8) is 0 Å². The minimum atomic E-state index is -0.593. The third-order valence-electron chi connectivity index (χ3n) is 6.42. The summed E-state index contributed by atoms with van der Waals surface area (Å²) in [5.41, 5.74) is -1.06. The highest BCUT2D eigenvalue weighted by atomic mass is 35.5. The van der Waals surface area contributed by atoms with Crippen molar-refractivity contribution in [1.82, 2.24) is 10.2 Å². The van der Waals surface area contributed by atoms with E-state index in [2.05, 4.69) is 5.32 Å². The van der Waals surface area contributed by atoms with Gasteiger partial charge in [0.25, 0.3) is 5.91 Å². The fraction of sp³-hybridized carbons (Fsp3) is 0.600. The SMILES string of the molecule is COC1(C2(NC(=O)C3CCCC3)CN(C(=O)c3cc(Cl)ccc3F)C2)CC1. The van der Waals surface area contributed by atoms with Crippen LogP contribution in [-0.4, -0.2) is 48.1 Å². The summed E-state index contributed by atoms with van der Waals surface area (Å²) >= 11 is 5.91. The molecule has 2 amide bonds. The molecule has 1 aromatic rings. The second kappa shape index (κ2) is 6.74. The molecule has 3 aliphatic rings. The predicted molar refractivity (Wildman–Crippen MR) is 99.1 cm³/mol. The Hall–Kier alpha value is -1.66. The van der Waals surface area contributed by atoms with Crippen LogP contribution in [0.1, 0.15) is 48.9 Å². The highest BCUT2D eigenvalue weighted by Crippen LogP contribution is 2.52. The Balaban J connectivity index is 1.51. The molecular formula is C20H24ClFN2O3. The van der Waals surface area contributed by atoms with Crippen molar-refractivity contribution in [1.29, 1.82) is 0 Å². The number of halogens is 2. The summed E-state index contributed by atoms with van der Waals surface area (Å²) in [6, 6.07) is 3.96. The lowest BCUT2D eigenvalue weighted by Crippen LogP contribution is -2.78. The lowest BCUT2D eigenvalue weighted by atomic mass is 9.80. The zero-order valence-corrected chi connectivity index (χ0v) is 16.2. The van der Waals surface area contributed by atoms with E-state index in [-0.39, 0.29) is 17.4 Å². The largest absolute Gasteiger partial charge is 0.376 e. The van der Waals surface area contributed by atoms with Gasteiger partial charge in [-0.25, -0.2) is 4.39 Å². The number of ether oxygens (including phenoxy) is 1. The quantitative estimate of drug-likeness (QED) is 0.834. The average Bonchev–Trinajstić information content (AvgIpc) is 3.23. The van der Waals surface area contributed by atoms with E-state index in [1.165, 1.54) is 18.2 Å². The molecule has 0 aromatic heterocycles. The minimum Gasteiger partial charge on any atom is -0.376 e. The van der Waals surface area contributed by atoms with Gasteiger partial charge in [-0.3, -0.25) is 9.59 Å². The molecule has 0 atom stereocenters. The van der Waals surface area contributed by atoms with Gasteiger partial charge in [0.05, 0.1) is 11.2 Å². The summed E-state index contributed by atoms with van der Waals surface area (Å²) in [5, 5.41) is 3.53. The molecule has 5 nitrogen and oxygen atoms in total. The Morgan fingerprint density at radius 1 is 1.26 bits per heavy atom. The van der Waals surface area contributed by atoms with Crippen LogP contribution in [0.4, 0.5) is 4.39 Å². The number of benzene rings is 1. The van der Waals surface area contributed by atoms with Crippen molar-refractivity contribution in [3.05, 3.63) is 34.6 Å². The maximum atomic E-state index is 14.1. The van der Waals surface area contributed by atoms with E-state index < -0.39 is 22.9 Å². The van der Waals surface area contributed by atoms with Crippen molar-refractivity contribution in [2.45, 2.75) is 49.7 Å². The molecule has 146 valence electrons. The first-order chi connectivity index (χ1) is 12.9. The smallest absolute Gasteiger partial charge is 0.257 e. The molecule has 0 unspecified atom stereocenters. The number of methoxy groups -OCH3 is 1. The van der Waals surface area contributed by atoms with Crippen LogP contribution >= 0.6 is 11.6 Å². The average molecular weight is 395 g/mol. The molecule has 7 heteroatoms. The van der Waals surface area contributed by atoms with Crippen LogP contribution in [0.2, 0.25) is 5.02 Å². The van der Waals surface area contributed by atoms with Crippen LogP contribution in [-0.2, 0) is 9.53 Å². The number of carbonyl (C=O) groups excluding carboxylic acids is 2. The standard InChI is InChI=1S/C20H24ClFN2O3/c1-27-20(8-9-20)19(23-17(25)13-4-2-3-5-13)11-24(12-19)18(26)15-10-14(21)6-7-16(15)22/h6-7,10,13H,2-5,8-9,11-12H2,1H3,(H,23,25). The van der Waals surface area contributed by atoms with E-state index in [4.69, 9.17) is 16.3 Å². The van der Waals surface area contributed by atoms with Crippen LogP contribution in [0.3, 0.4) is 0 Å². The van der Waals surface area contributed by atoms with Crippen molar-refractivity contribution in [3.8, 4) is 0 Å². The van der Waals surface area contributed by atoms with E-state index in [1.807, 2.05) is 0 Å². The number of nitrogens with one attached hydrogen (secondary N) is 1. The third-order valence-corrected chi connectivity index (χ3v) is 6.66. The van der Waals surface area contributed by atoms with E-state index >= 15 is 0 Å². The first kappa shape index (κ1) is 18.7. The number of rotatable bonds is 5. The van der Waals surface area contributed by atoms with Crippen LogP contribution in [0, 0.1) is 11.7 Å². The monoisotopic (exact) mass is 394 g/mol. The molecule has 3 fully saturated rings. The van der Waals surface area contributed by atoms with Gasteiger partial charge in [0, 0.05) is 31.1 Å². The fourth-order valence-corrected chi connectivity index (χ4v) is 4.75. The van der Waals surface area contributed by atoms with Crippen LogP contribution in [0.25, 0.3) is 0 Å². The van der Waals surface area contributed by atoms with E-state index in [9.17, 15) is 14.0 Å². The van der Waals surface area contributed by atoms with Crippen molar-refractivity contribution < 1.29 is 18.7 Å². The van der Waals surface area contributed by atoms with Crippen molar-refractivity contribution in [2.24, 2.45) is 5.92 Å². The number of amides is 2. The number of likely N-dealkylation sites (tertiary alicyclic amines) is 1. The van der Waals surface area contributed by atoms with Gasteiger partial charge < -0.3 is 15.0 Å². The molecule has 2 saturated carbocycles. The summed E-state index contributed by atoms with van der Waals surface area (Å²) in [6.45, 7) is 0.647. The Bertz CT molecular complexity index is 768. The van der Waals surface area contributed by atoms with Crippen LogP contribution in [0.5, 0.6) is 0 Å². The summed E-state index contributed by atoms with van der Waals surface area (Å²) in [7, 11) is 1.65. The number of hydrogen-bond acceptors (Lipinski definition) is 3. The molecule has 1 N–H and O–H groups in total. The van der Waals surface area contributed by atoms with Gasteiger partial charge in [-0.05, 0) is 43.9 Å². The molecule has 0 spiro atoms. The molecule has 0 radical (unpaired) electrons. The highest BCUT2D eigenvalue weighted by molar-refractivity contribution is 6.31. The fourth-order valence-electron chi connectivity index (χ4n) is 4.58. The number of hydrogen-bond donors (Lipinski definition) is 1. The Kier molecular flexibility index (Phi) is 4.67. The van der Waals surface area contributed by atoms with Crippen LogP contribution in [0.15, 0.2) is 18.2 Å². The lowest BCUT2D eigenvalue weighted by Gasteiger charge is -2.54. The lowest BCUT2D eigenvalue weighted by molar-refractivity contribution is -0.136. The Morgan fingerprint density at radius 2 is 1.93 bits per heavy atom. The van der Waals surface area contributed by atoms with Gasteiger partial charge in [-0.2, -0.15) is 0 Å². The van der Waals surface area contributed by atoms with Gasteiger partial charge in [0.1, 0.15) is 11.4 Å². The van der Waals surface area contributed by atoms with E-state index in [1.54, 1.807) is 12.0 Å². The van der Waals surface area contributed by atoms with Crippen molar-refractivity contribution in [2.75, 3.05) is 20.2 Å². The molecule has 2 aliphatic carbocycles. The third kappa shape index (κ3) is 3.13.